The molecule has 0 heterocycles. The third kappa shape index (κ3) is 47.0. The summed E-state index contributed by atoms with van der Waals surface area (Å²) in [5.74, 6) is 0.849. The van der Waals surface area contributed by atoms with Crippen LogP contribution in [0.25, 0.3) is 0 Å². The van der Waals surface area contributed by atoms with Crippen molar-refractivity contribution in [3.8, 4) is 0 Å². The van der Waals surface area contributed by atoms with Gasteiger partial charge in [0.15, 0.2) is 0 Å². The molecule has 0 radical (unpaired) electrons. The summed E-state index contributed by atoms with van der Waals surface area (Å²) in [6.07, 6.45) is 49.6. The number of aliphatic imine (C=N–C) groups is 1. The van der Waals surface area contributed by atoms with Crippen molar-refractivity contribution >= 4 is 24.1 Å². The Labute approximate surface area is 458 Å². The van der Waals surface area contributed by atoms with Crippen LogP contribution in [0.2, 0.25) is 0 Å². The predicted octanol–water partition coefficient (Wildman–Crippen LogP) is 17.4. The molecule has 0 aromatic rings. The second kappa shape index (κ2) is 56.9. The normalized spacial score (nSPS) is 13.2. The Bertz CT molecular complexity index is 1240. The van der Waals surface area contributed by atoms with Crippen LogP contribution in [0.4, 0.5) is 0 Å². The highest BCUT2D eigenvalue weighted by molar-refractivity contribution is 5.94. The number of hydrogen-bond acceptors (Lipinski definition) is 9. The van der Waals surface area contributed by atoms with Gasteiger partial charge in [-0.3, -0.25) is 24.3 Å². The van der Waals surface area contributed by atoms with E-state index in [1.807, 2.05) is 6.92 Å². The monoisotopic (exact) mass is 1050 g/mol. The van der Waals surface area contributed by atoms with E-state index in [4.69, 9.17) is 18.9 Å². The van der Waals surface area contributed by atoms with Gasteiger partial charge in [0.05, 0.1) is 39.6 Å². The van der Waals surface area contributed by atoms with Crippen molar-refractivity contribution in [1.82, 2.24) is 10.2 Å². The van der Waals surface area contributed by atoms with Crippen molar-refractivity contribution in [3.63, 3.8) is 0 Å². The number of amides is 1. The van der Waals surface area contributed by atoms with E-state index < -0.39 is 0 Å². The molecule has 0 aliphatic carbocycles. The summed E-state index contributed by atoms with van der Waals surface area (Å²) in [5.41, 5.74) is 0.412. The van der Waals surface area contributed by atoms with Gasteiger partial charge in [-0.25, -0.2) is 0 Å². The molecule has 0 saturated heterocycles. The molecule has 10 nitrogen and oxygen atoms in total. The number of allylic oxidation sites excluding steroid dienone is 1. The third-order valence-electron chi connectivity index (χ3n) is 14.9. The van der Waals surface area contributed by atoms with Gasteiger partial charge in [0.25, 0.3) is 5.91 Å². The molecule has 2 unspecified atom stereocenters. The first kappa shape index (κ1) is 71.7. The Morgan fingerprint density at radius 3 is 1.30 bits per heavy atom. The number of nitrogens with one attached hydrogen (secondary N) is 1. The average Bonchev–Trinajstić information content (AvgIpc) is 3.40. The van der Waals surface area contributed by atoms with Crippen LogP contribution in [-0.4, -0.2) is 94.3 Å². The molecule has 0 fully saturated rings. The van der Waals surface area contributed by atoms with Crippen molar-refractivity contribution in [3.05, 3.63) is 11.8 Å². The zero-order valence-corrected chi connectivity index (χ0v) is 50.1. The Balaban J connectivity index is 5.23. The topological polar surface area (TPSA) is 116 Å². The minimum absolute atomic E-state index is 0.00231. The smallest absolute Gasteiger partial charge is 0.305 e. The van der Waals surface area contributed by atoms with E-state index in [0.29, 0.717) is 82.6 Å². The van der Waals surface area contributed by atoms with Crippen LogP contribution in [0.15, 0.2) is 16.8 Å². The first-order valence-corrected chi connectivity index (χ1v) is 31.9. The summed E-state index contributed by atoms with van der Waals surface area (Å²) in [4.78, 5) is 44.5. The molecule has 2 atom stereocenters. The van der Waals surface area contributed by atoms with Gasteiger partial charge < -0.3 is 24.3 Å². The molecule has 0 aliphatic rings. The fourth-order valence-electron chi connectivity index (χ4n) is 10.1. The number of ether oxygens (including phenoxy) is 4. The molecule has 0 spiro atoms. The molecule has 1 amide bonds. The van der Waals surface area contributed by atoms with Crippen LogP contribution < -0.4 is 5.32 Å². The van der Waals surface area contributed by atoms with Gasteiger partial charge in [-0.05, 0) is 90.0 Å². The second-order valence-corrected chi connectivity index (χ2v) is 21.8. The second-order valence-electron chi connectivity index (χ2n) is 21.8. The molecule has 0 aliphatic heterocycles. The largest absolute Gasteiger partial charge is 0.465 e. The summed E-state index contributed by atoms with van der Waals surface area (Å²) in [6.45, 7) is 20.8. The van der Waals surface area contributed by atoms with Crippen molar-refractivity contribution in [2.45, 2.75) is 305 Å². The van der Waals surface area contributed by atoms with Crippen LogP contribution in [0.1, 0.15) is 299 Å². The van der Waals surface area contributed by atoms with E-state index >= 15 is 0 Å². The van der Waals surface area contributed by atoms with Gasteiger partial charge in [-0.1, -0.05) is 220 Å². The maximum atomic E-state index is 12.7. The Morgan fingerprint density at radius 2 is 0.838 bits per heavy atom. The zero-order chi connectivity index (χ0) is 54.2. The molecule has 0 saturated carbocycles. The molecule has 0 rings (SSSR count). The minimum Gasteiger partial charge on any atom is -0.465 e. The highest BCUT2D eigenvalue weighted by Gasteiger charge is 2.19. The van der Waals surface area contributed by atoms with E-state index in [1.54, 1.807) is 19.2 Å². The number of nitrogens with zero attached hydrogens (tertiary/aromatic N) is 2. The van der Waals surface area contributed by atoms with E-state index in [-0.39, 0.29) is 17.8 Å². The van der Waals surface area contributed by atoms with E-state index in [2.05, 4.69) is 49.8 Å². The summed E-state index contributed by atoms with van der Waals surface area (Å²) in [7, 11) is 0. The number of unbranched alkanes of at least 4 members (excludes halogenated alkanes) is 24. The lowest BCUT2D eigenvalue weighted by Crippen LogP contribution is -2.39. The lowest BCUT2D eigenvalue weighted by atomic mass is 9.96. The Morgan fingerprint density at radius 1 is 0.446 bits per heavy atom. The van der Waals surface area contributed by atoms with Crippen LogP contribution in [-0.2, 0) is 33.3 Å². The maximum absolute atomic E-state index is 12.7. The van der Waals surface area contributed by atoms with Crippen LogP contribution in [0.5, 0.6) is 0 Å². The van der Waals surface area contributed by atoms with Crippen LogP contribution >= 0.6 is 0 Å². The van der Waals surface area contributed by atoms with Gasteiger partial charge in [-0.15, -0.1) is 0 Å². The fourth-order valence-corrected chi connectivity index (χ4v) is 10.1. The molecule has 74 heavy (non-hydrogen) atoms. The number of hydrogen-bond donors (Lipinski definition) is 1. The Kier molecular flexibility index (Phi) is 55.1. The molecule has 1 N–H and O–H groups in total. The fraction of sp³-hybridized carbons (Fsp3) is 0.906. The van der Waals surface area contributed by atoms with E-state index in [1.165, 1.54) is 212 Å². The quantitative estimate of drug-likeness (QED) is 0.0277. The first-order valence-electron chi connectivity index (χ1n) is 31.9. The number of carbonyl (C=O) groups excluding carboxylic acids is 3. The molecule has 436 valence electrons. The number of carbonyl (C=O) groups is 3. The molecular weight excluding hydrogens is 923 g/mol. The van der Waals surface area contributed by atoms with Crippen LogP contribution in [0.3, 0.4) is 0 Å². The van der Waals surface area contributed by atoms with Crippen molar-refractivity contribution in [2.75, 3.05) is 59.3 Å². The molecular formula is C64H123N3O7. The maximum Gasteiger partial charge on any atom is 0.305 e. The van der Waals surface area contributed by atoms with Gasteiger partial charge >= 0.3 is 11.9 Å². The number of esters is 2. The van der Waals surface area contributed by atoms with Crippen molar-refractivity contribution < 1.29 is 33.3 Å². The predicted molar refractivity (Wildman–Crippen MR) is 315 cm³/mol. The van der Waals surface area contributed by atoms with Gasteiger partial charge in [0.1, 0.15) is 5.70 Å². The van der Waals surface area contributed by atoms with Crippen LogP contribution in [0, 0.1) is 11.8 Å². The summed E-state index contributed by atoms with van der Waals surface area (Å²) >= 11 is 0. The third-order valence-corrected chi connectivity index (χ3v) is 14.9. The lowest BCUT2D eigenvalue weighted by molar-refractivity contribution is -0.146. The Hall–Kier alpha value is -2.30. The SMILES string of the molecule is CC=N/C(=C\C)C(=O)NCCOCCOCCN(CCCCCCCCC)C(CCCCCCCCC(=O)OCC(CCCC)CCCCCC)CCCCCCCCC(=O)OCC(CCCC)CCCCCC. The van der Waals surface area contributed by atoms with E-state index in [0.717, 1.165) is 38.8 Å². The standard InChI is InChI=1S/C64H123N3O7/c1-8-15-20-23-28-33-40-50-67(51-53-72-55-54-71-52-49-66-64(70)61(13-6)65-14-7)60(45-36-29-24-26-31-38-47-62(68)73-56-58(41-18-11-4)43-34-21-16-9-2)46-37-30-25-27-32-39-48-63(69)74-57-59(42-19-12-5)44-35-22-17-10-3/h13-14,58-60H,8-12,15-57H2,1-7H3,(H,66,70)/b61-13-,65-14?. The zero-order valence-electron chi connectivity index (χ0n) is 50.1. The summed E-state index contributed by atoms with van der Waals surface area (Å²) < 4.78 is 23.6. The average molecular weight is 1050 g/mol. The highest BCUT2D eigenvalue weighted by Crippen LogP contribution is 2.23. The van der Waals surface area contributed by atoms with Gasteiger partial charge in [-0.2, -0.15) is 0 Å². The van der Waals surface area contributed by atoms with Crippen molar-refractivity contribution in [1.29, 1.82) is 0 Å². The molecule has 0 bridgehead atoms. The first-order chi connectivity index (χ1) is 36.3. The highest BCUT2D eigenvalue weighted by atomic mass is 16.5. The number of rotatable bonds is 58. The van der Waals surface area contributed by atoms with E-state index in [9.17, 15) is 14.4 Å². The van der Waals surface area contributed by atoms with Crippen molar-refractivity contribution in [2.24, 2.45) is 16.8 Å². The summed E-state index contributed by atoms with van der Waals surface area (Å²) in [6, 6.07) is 0.544. The minimum atomic E-state index is -0.187. The summed E-state index contributed by atoms with van der Waals surface area (Å²) in [5, 5.41) is 2.87. The molecule has 0 aromatic heterocycles. The van der Waals surface area contributed by atoms with Gasteiger partial charge in [0.2, 0.25) is 0 Å². The molecule has 10 heteroatoms. The molecule has 0 aromatic carbocycles. The lowest BCUT2D eigenvalue weighted by Gasteiger charge is -2.32. The van der Waals surface area contributed by atoms with Gasteiger partial charge in [0, 0.05) is 38.2 Å².